The SMILES string of the molecule is CC(C)Oc1ccc(-c2ccccc2)cc1F.Nc1cc(F)cc(OC(F)(F)C(F)F)c1. The monoisotopic (exact) mass is 457 g/mol. The van der Waals surface area contributed by atoms with E-state index >= 15 is 0 Å². The largest absolute Gasteiger partial charge is 0.488 e. The van der Waals surface area contributed by atoms with Crippen LogP contribution in [-0.4, -0.2) is 18.6 Å². The first-order chi connectivity index (χ1) is 15.0. The summed E-state index contributed by atoms with van der Waals surface area (Å²) in [7, 11) is 0. The molecule has 32 heavy (non-hydrogen) atoms. The van der Waals surface area contributed by atoms with Crippen LogP contribution >= 0.6 is 0 Å². The van der Waals surface area contributed by atoms with E-state index in [2.05, 4.69) is 4.74 Å². The fourth-order valence-electron chi connectivity index (χ4n) is 2.51. The Morgan fingerprint density at radius 3 is 2.03 bits per heavy atom. The van der Waals surface area contributed by atoms with Gasteiger partial charge in [-0.25, -0.2) is 8.78 Å². The average molecular weight is 457 g/mol. The van der Waals surface area contributed by atoms with Crippen LogP contribution in [0.3, 0.4) is 0 Å². The molecule has 0 aliphatic rings. The van der Waals surface area contributed by atoms with Crippen LogP contribution in [0.15, 0.2) is 66.7 Å². The fourth-order valence-corrected chi connectivity index (χ4v) is 2.51. The lowest BCUT2D eigenvalue weighted by Gasteiger charge is -2.16. The first kappa shape index (κ1) is 24.9. The van der Waals surface area contributed by atoms with E-state index in [-0.39, 0.29) is 17.6 Å². The number of halogens is 6. The highest BCUT2D eigenvalue weighted by molar-refractivity contribution is 5.64. The summed E-state index contributed by atoms with van der Waals surface area (Å²) in [6, 6.07) is 17.0. The smallest absolute Gasteiger partial charge is 0.461 e. The molecular weight excluding hydrogens is 436 g/mol. The van der Waals surface area contributed by atoms with Crippen molar-refractivity contribution in [3.63, 3.8) is 0 Å². The van der Waals surface area contributed by atoms with Crippen LogP contribution in [0, 0.1) is 11.6 Å². The summed E-state index contributed by atoms with van der Waals surface area (Å²) < 4.78 is 83.5. The van der Waals surface area contributed by atoms with Gasteiger partial charge in [0.2, 0.25) is 0 Å². The molecule has 172 valence electrons. The molecule has 0 atom stereocenters. The molecule has 0 aliphatic carbocycles. The number of anilines is 1. The number of benzene rings is 3. The molecule has 3 nitrogen and oxygen atoms in total. The van der Waals surface area contributed by atoms with Crippen LogP contribution in [-0.2, 0) is 0 Å². The quantitative estimate of drug-likeness (QED) is 0.323. The molecule has 3 aromatic rings. The Kier molecular flexibility index (Phi) is 8.40. The summed E-state index contributed by atoms with van der Waals surface area (Å²) in [6.45, 7) is 3.76. The minimum Gasteiger partial charge on any atom is -0.488 e. The van der Waals surface area contributed by atoms with Crippen LogP contribution in [0.25, 0.3) is 11.1 Å². The number of rotatable bonds is 6. The summed E-state index contributed by atoms with van der Waals surface area (Å²) in [4.78, 5) is 0. The summed E-state index contributed by atoms with van der Waals surface area (Å²) in [6.07, 6.45) is -8.69. The number of hydrogen-bond donors (Lipinski definition) is 1. The van der Waals surface area contributed by atoms with Crippen LogP contribution in [0.1, 0.15) is 13.8 Å². The van der Waals surface area contributed by atoms with Crippen molar-refractivity contribution >= 4 is 5.69 Å². The van der Waals surface area contributed by atoms with Gasteiger partial charge in [-0.2, -0.15) is 17.6 Å². The number of nitrogen functional groups attached to an aromatic ring is 1. The molecule has 0 spiro atoms. The maximum absolute atomic E-state index is 13.8. The minimum atomic E-state index is -4.67. The summed E-state index contributed by atoms with van der Waals surface area (Å²) in [5.41, 5.74) is 6.77. The summed E-state index contributed by atoms with van der Waals surface area (Å²) in [5.74, 6) is -1.72. The van der Waals surface area contributed by atoms with Gasteiger partial charge in [-0.15, -0.1) is 0 Å². The van der Waals surface area contributed by atoms with Crippen LogP contribution in [0.2, 0.25) is 0 Å². The molecule has 0 aromatic heterocycles. The molecule has 3 rings (SSSR count). The minimum absolute atomic E-state index is 0.0212. The lowest BCUT2D eigenvalue weighted by Crippen LogP contribution is -2.33. The van der Waals surface area contributed by atoms with Gasteiger partial charge in [0.25, 0.3) is 0 Å². The Morgan fingerprint density at radius 2 is 1.50 bits per heavy atom. The third-order valence-electron chi connectivity index (χ3n) is 3.80. The van der Waals surface area contributed by atoms with Gasteiger partial charge in [0.15, 0.2) is 11.6 Å². The number of nitrogens with two attached hydrogens (primary N) is 1. The molecule has 0 saturated heterocycles. The fraction of sp³-hybridized carbons (Fsp3) is 0.217. The Bertz CT molecular complexity index is 992. The first-order valence-electron chi connectivity index (χ1n) is 9.40. The second-order valence-corrected chi connectivity index (χ2v) is 6.86. The molecule has 0 amide bonds. The normalized spacial score (nSPS) is 11.2. The highest BCUT2D eigenvalue weighted by Crippen LogP contribution is 2.29. The molecule has 9 heteroatoms. The summed E-state index contributed by atoms with van der Waals surface area (Å²) in [5, 5.41) is 0. The third kappa shape index (κ3) is 7.40. The Balaban J connectivity index is 0.000000229. The van der Waals surface area contributed by atoms with Crippen LogP contribution in [0.5, 0.6) is 11.5 Å². The summed E-state index contributed by atoms with van der Waals surface area (Å²) >= 11 is 0. The van der Waals surface area contributed by atoms with E-state index in [1.807, 2.05) is 50.2 Å². The average Bonchev–Trinajstić information content (AvgIpc) is 2.69. The van der Waals surface area contributed by atoms with Crippen molar-refractivity contribution in [2.24, 2.45) is 0 Å². The van der Waals surface area contributed by atoms with E-state index in [1.54, 1.807) is 6.07 Å². The molecule has 0 bridgehead atoms. The molecule has 0 aliphatic heterocycles. The zero-order chi connectivity index (χ0) is 23.9. The molecule has 0 heterocycles. The zero-order valence-corrected chi connectivity index (χ0v) is 17.2. The number of alkyl halides is 4. The molecule has 3 aromatic carbocycles. The molecule has 0 saturated carbocycles. The Labute approximate surface area is 181 Å². The van der Waals surface area contributed by atoms with Crippen molar-refractivity contribution in [3.8, 4) is 22.6 Å². The maximum atomic E-state index is 13.8. The van der Waals surface area contributed by atoms with E-state index in [0.717, 1.165) is 23.3 Å². The van der Waals surface area contributed by atoms with Gasteiger partial charge in [-0.1, -0.05) is 36.4 Å². The van der Waals surface area contributed by atoms with Gasteiger partial charge in [0.05, 0.1) is 6.10 Å². The van der Waals surface area contributed by atoms with Crippen molar-refractivity contribution in [2.75, 3.05) is 5.73 Å². The second kappa shape index (κ2) is 10.8. The number of ether oxygens (including phenoxy) is 2. The van der Waals surface area contributed by atoms with E-state index in [0.29, 0.717) is 11.8 Å². The Hall–Kier alpha value is -3.36. The van der Waals surface area contributed by atoms with Crippen LogP contribution < -0.4 is 15.2 Å². The van der Waals surface area contributed by atoms with Crippen molar-refractivity contribution < 1.29 is 35.8 Å². The van der Waals surface area contributed by atoms with Crippen molar-refractivity contribution in [1.82, 2.24) is 0 Å². The highest BCUT2D eigenvalue weighted by Gasteiger charge is 2.44. The lowest BCUT2D eigenvalue weighted by molar-refractivity contribution is -0.253. The second-order valence-electron chi connectivity index (χ2n) is 6.86. The van der Waals surface area contributed by atoms with Gasteiger partial charge in [-0.05, 0) is 43.2 Å². The van der Waals surface area contributed by atoms with Crippen molar-refractivity contribution in [3.05, 3.63) is 78.4 Å². The third-order valence-corrected chi connectivity index (χ3v) is 3.80. The lowest BCUT2D eigenvalue weighted by atomic mass is 10.1. The van der Waals surface area contributed by atoms with Gasteiger partial charge >= 0.3 is 12.5 Å². The standard InChI is InChI=1S/C15H15FO.C8H6F5NO/c1-11(2)17-15-9-8-13(10-14(15)16)12-6-4-3-5-7-12;9-4-1-5(14)3-6(2-4)15-8(12,13)7(10)11/h3-11H,1-2H3;1-3,7H,14H2. The van der Waals surface area contributed by atoms with Crippen LogP contribution in [0.4, 0.5) is 32.0 Å². The Morgan fingerprint density at radius 1 is 0.844 bits per heavy atom. The van der Waals surface area contributed by atoms with Gasteiger partial charge in [-0.3, -0.25) is 0 Å². The predicted molar refractivity (Wildman–Crippen MR) is 110 cm³/mol. The van der Waals surface area contributed by atoms with Crippen molar-refractivity contribution in [2.45, 2.75) is 32.5 Å². The molecule has 2 N–H and O–H groups in total. The topological polar surface area (TPSA) is 44.5 Å². The molecule has 0 fully saturated rings. The van der Waals surface area contributed by atoms with Gasteiger partial charge in [0, 0.05) is 17.8 Å². The van der Waals surface area contributed by atoms with E-state index in [1.165, 1.54) is 6.07 Å². The predicted octanol–water partition coefficient (Wildman–Crippen LogP) is 6.92. The highest BCUT2D eigenvalue weighted by atomic mass is 19.3. The molecular formula is C23H21F6NO2. The van der Waals surface area contributed by atoms with Gasteiger partial charge in [0.1, 0.15) is 11.6 Å². The zero-order valence-electron chi connectivity index (χ0n) is 17.2. The van der Waals surface area contributed by atoms with E-state index < -0.39 is 24.1 Å². The first-order valence-corrected chi connectivity index (χ1v) is 9.40. The van der Waals surface area contributed by atoms with E-state index in [4.69, 9.17) is 10.5 Å². The van der Waals surface area contributed by atoms with E-state index in [9.17, 15) is 26.3 Å². The molecule has 0 radical (unpaired) electrons. The van der Waals surface area contributed by atoms with Gasteiger partial charge < -0.3 is 15.2 Å². The van der Waals surface area contributed by atoms with Crippen molar-refractivity contribution in [1.29, 1.82) is 0 Å². The molecule has 0 unspecified atom stereocenters. The maximum Gasteiger partial charge on any atom is 0.461 e. The number of hydrogen-bond acceptors (Lipinski definition) is 3.